The standard InChI is InChI=1S/C19H21NO4/c1-4-20(17-7-5-6-13(2)14(17)3)19(23)15-8-10-16(11-9-15)24-12-18(21)22/h5-11H,4,12H2,1-3H3,(H,21,22). The molecule has 2 aromatic rings. The number of amides is 1. The lowest BCUT2D eigenvalue weighted by Crippen LogP contribution is -2.31. The third-order valence-electron chi connectivity index (χ3n) is 3.89. The van der Waals surface area contributed by atoms with Crippen molar-refractivity contribution in [3.05, 3.63) is 59.2 Å². The Morgan fingerprint density at radius 2 is 1.75 bits per heavy atom. The van der Waals surface area contributed by atoms with Gasteiger partial charge >= 0.3 is 5.97 Å². The average molecular weight is 327 g/mol. The van der Waals surface area contributed by atoms with Gasteiger partial charge in [-0.2, -0.15) is 0 Å². The number of benzene rings is 2. The van der Waals surface area contributed by atoms with E-state index in [9.17, 15) is 9.59 Å². The molecule has 1 amide bonds. The first-order chi connectivity index (χ1) is 11.4. The summed E-state index contributed by atoms with van der Waals surface area (Å²) in [6.07, 6.45) is 0. The van der Waals surface area contributed by atoms with Crippen molar-refractivity contribution in [2.75, 3.05) is 18.1 Å². The van der Waals surface area contributed by atoms with Crippen molar-refractivity contribution in [3.63, 3.8) is 0 Å². The number of aliphatic carboxylic acids is 1. The summed E-state index contributed by atoms with van der Waals surface area (Å²) in [7, 11) is 0. The summed E-state index contributed by atoms with van der Waals surface area (Å²) < 4.78 is 5.08. The van der Waals surface area contributed by atoms with Crippen LogP contribution < -0.4 is 9.64 Å². The third-order valence-corrected chi connectivity index (χ3v) is 3.89. The normalized spacial score (nSPS) is 10.3. The van der Waals surface area contributed by atoms with Gasteiger partial charge in [0, 0.05) is 17.8 Å². The van der Waals surface area contributed by atoms with Gasteiger partial charge in [-0.05, 0) is 62.2 Å². The van der Waals surface area contributed by atoms with Crippen molar-refractivity contribution in [1.82, 2.24) is 0 Å². The largest absolute Gasteiger partial charge is 0.482 e. The Hall–Kier alpha value is -2.82. The van der Waals surface area contributed by atoms with Gasteiger partial charge in [-0.1, -0.05) is 12.1 Å². The number of aryl methyl sites for hydroxylation is 1. The molecule has 2 rings (SSSR count). The SMILES string of the molecule is CCN(C(=O)c1ccc(OCC(=O)O)cc1)c1cccc(C)c1C. The zero-order valence-corrected chi connectivity index (χ0v) is 14.1. The molecule has 0 heterocycles. The number of rotatable bonds is 6. The first-order valence-corrected chi connectivity index (χ1v) is 7.76. The van der Waals surface area contributed by atoms with Crippen LogP contribution in [0, 0.1) is 13.8 Å². The molecule has 0 aromatic heterocycles. The summed E-state index contributed by atoms with van der Waals surface area (Å²) in [5, 5.41) is 8.61. The van der Waals surface area contributed by atoms with Crippen molar-refractivity contribution in [1.29, 1.82) is 0 Å². The lowest BCUT2D eigenvalue weighted by molar-refractivity contribution is -0.139. The van der Waals surface area contributed by atoms with Crippen LogP contribution in [-0.2, 0) is 4.79 Å². The number of carboxylic acid groups (broad SMARTS) is 1. The van der Waals surface area contributed by atoms with Gasteiger partial charge in [0.15, 0.2) is 6.61 Å². The van der Waals surface area contributed by atoms with E-state index in [2.05, 4.69) is 0 Å². The first-order valence-electron chi connectivity index (χ1n) is 7.76. The van der Waals surface area contributed by atoms with Gasteiger partial charge in [-0.3, -0.25) is 4.79 Å². The fourth-order valence-corrected chi connectivity index (χ4v) is 2.45. The number of ether oxygens (including phenoxy) is 1. The number of hydrogen-bond acceptors (Lipinski definition) is 3. The quantitative estimate of drug-likeness (QED) is 0.882. The van der Waals surface area contributed by atoms with Crippen LogP contribution in [-0.4, -0.2) is 30.1 Å². The highest BCUT2D eigenvalue weighted by atomic mass is 16.5. The van der Waals surface area contributed by atoms with Gasteiger partial charge in [0.1, 0.15) is 5.75 Å². The van der Waals surface area contributed by atoms with Crippen molar-refractivity contribution in [2.24, 2.45) is 0 Å². The predicted octanol–water partition coefficient (Wildman–Crippen LogP) is 3.43. The van der Waals surface area contributed by atoms with Crippen LogP contribution in [0.2, 0.25) is 0 Å². The number of carboxylic acids is 1. The summed E-state index contributed by atoms with van der Waals surface area (Å²) >= 11 is 0. The predicted molar refractivity (Wildman–Crippen MR) is 92.8 cm³/mol. The van der Waals surface area contributed by atoms with E-state index < -0.39 is 12.6 Å². The molecule has 126 valence electrons. The van der Waals surface area contributed by atoms with Crippen LogP contribution in [0.3, 0.4) is 0 Å². The molecule has 0 aliphatic carbocycles. The Kier molecular flexibility index (Phi) is 5.58. The topological polar surface area (TPSA) is 66.8 Å². The molecule has 0 saturated heterocycles. The maximum absolute atomic E-state index is 12.8. The molecule has 0 saturated carbocycles. The first kappa shape index (κ1) is 17.5. The number of hydrogen-bond donors (Lipinski definition) is 1. The van der Waals surface area contributed by atoms with Crippen LogP contribution in [0.15, 0.2) is 42.5 Å². The number of anilines is 1. The van der Waals surface area contributed by atoms with Crippen molar-refractivity contribution in [2.45, 2.75) is 20.8 Å². The van der Waals surface area contributed by atoms with Gasteiger partial charge in [0.25, 0.3) is 5.91 Å². The van der Waals surface area contributed by atoms with E-state index in [1.54, 1.807) is 29.2 Å². The van der Waals surface area contributed by atoms with E-state index in [1.165, 1.54) is 0 Å². The monoisotopic (exact) mass is 327 g/mol. The summed E-state index contributed by atoms with van der Waals surface area (Å²) in [6, 6.07) is 12.4. The Labute approximate surface area is 141 Å². The fourth-order valence-electron chi connectivity index (χ4n) is 2.45. The zero-order valence-electron chi connectivity index (χ0n) is 14.1. The van der Waals surface area contributed by atoms with E-state index in [0.717, 1.165) is 16.8 Å². The van der Waals surface area contributed by atoms with Crippen LogP contribution >= 0.6 is 0 Å². The van der Waals surface area contributed by atoms with Crippen molar-refractivity contribution < 1.29 is 19.4 Å². The molecule has 0 aliphatic rings. The Morgan fingerprint density at radius 3 is 2.33 bits per heavy atom. The van der Waals surface area contributed by atoms with Gasteiger partial charge in [0.2, 0.25) is 0 Å². The number of carbonyl (C=O) groups excluding carboxylic acids is 1. The molecule has 24 heavy (non-hydrogen) atoms. The van der Waals surface area contributed by atoms with Gasteiger partial charge < -0.3 is 14.7 Å². The molecule has 0 spiro atoms. The molecule has 0 aliphatic heterocycles. The molecule has 1 N–H and O–H groups in total. The van der Waals surface area contributed by atoms with Gasteiger partial charge in [0.05, 0.1) is 0 Å². The van der Waals surface area contributed by atoms with Gasteiger partial charge in [-0.15, -0.1) is 0 Å². The Bertz CT molecular complexity index is 738. The van der Waals surface area contributed by atoms with E-state index in [4.69, 9.17) is 9.84 Å². The molecule has 0 bridgehead atoms. The molecule has 0 radical (unpaired) electrons. The molecular weight excluding hydrogens is 306 g/mol. The summed E-state index contributed by atoms with van der Waals surface area (Å²) in [5.41, 5.74) is 3.64. The van der Waals surface area contributed by atoms with Crippen LogP contribution in [0.4, 0.5) is 5.69 Å². The lowest BCUT2D eigenvalue weighted by Gasteiger charge is -2.24. The summed E-state index contributed by atoms with van der Waals surface area (Å²) in [4.78, 5) is 25.0. The third kappa shape index (κ3) is 3.93. The van der Waals surface area contributed by atoms with Crippen LogP contribution in [0.5, 0.6) is 5.75 Å². The molecule has 0 atom stereocenters. The van der Waals surface area contributed by atoms with Crippen LogP contribution in [0.1, 0.15) is 28.4 Å². The maximum Gasteiger partial charge on any atom is 0.341 e. The van der Waals surface area contributed by atoms with Crippen molar-refractivity contribution >= 4 is 17.6 Å². The molecule has 0 unspecified atom stereocenters. The number of nitrogens with zero attached hydrogens (tertiary/aromatic N) is 1. The van der Waals surface area contributed by atoms with Crippen LogP contribution in [0.25, 0.3) is 0 Å². The van der Waals surface area contributed by atoms with E-state index in [1.807, 2.05) is 39.0 Å². The highest BCUT2D eigenvalue weighted by Crippen LogP contribution is 2.25. The summed E-state index contributed by atoms with van der Waals surface area (Å²) in [5.74, 6) is -0.720. The smallest absolute Gasteiger partial charge is 0.341 e. The minimum Gasteiger partial charge on any atom is -0.482 e. The van der Waals surface area contributed by atoms with Crippen molar-refractivity contribution in [3.8, 4) is 5.75 Å². The molecule has 0 fully saturated rings. The number of carbonyl (C=O) groups is 2. The average Bonchev–Trinajstić information content (AvgIpc) is 2.57. The second kappa shape index (κ2) is 7.64. The van der Waals surface area contributed by atoms with Gasteiger partial charge in [-0.25, -0.2) is 4.79 Å². The van der Waals surface area contributed by atoms with E-state index in [0.29, 0.717) is 17.9 Å². The van der Waals surface area contributed by atoms with E-state index in [-0.39, 0.29) is 5.91 Å². The zero-order chi connectivity index (χ0) is 17.7. The van der Waals surface area contributed by atoms with E-state index >= 15 is 0 Å². The Balaban J connectivity index is 2.22. The molecule has 5 nitrogen and oxygen atoms in total. The Morgan fingerprint density at radius 1 is 1.08 bits per heavy atom. The second-order valence-corrected chi connectivity index (χ2v) is 5.48. The highest BCUT2D eigenvalue weighted by molar-refractivity contribution is 6.06. The second-order valence-electron chi connectivity index (χ2n) is 5.48. The minimum atomic E-state index is -1.04. The molecular formula is C19H21NO4. The fraction of sp³-hybridized carbons (Fsp3) is 0.263. The lowest BCUT2D eigenvalue weighted by atomic mass is 10.1. The molecule has 2 aromatic carbocycles. The maximum atomic E-state index is 12.8. The minimum absolute atomic E-state index is 0.101. The summed E-state index contributed by atoms with van der Waals surface area (Å²) in [6.45, 7) is 6.11. The molecule has 5 heteroatoms. The highest BCUT2D eigenvalue weighted by Gasteiger charge is 2.18.